The van der Waals surface area contributed by atoms with Gasteiger partial charge in [0.15, 0.2) is 0 Å². The van der Waals surface area contributed by atoms with E-state index in [9.17, 15) is 13.2 Å². The molecule has 0 aliphatic heterocycles. The first kappa shape index (κ1) is 13.6. The molecule has 0 aliphatic rings. The lowest BCUT2D eigenvalue weighted by atomic mass is 10.2. The van der Waals surface area contributed by atoms with E-state index in [-0.39, 0.29) is 11.5 Å². The molecule has 1 aromatic heterocycles. The first-order valence-corrected chi connectivity index (χ1v) is 6.99. The Balaban J connectivity index is 2.58. The molecule has 6 nitrogen and oxygen atoms in total. The van der Waals surface area contributed by atoms with Crippen molar-refractivity contribution in [2.45, 2.75) is 11.8 Å². The van der Waals surface area contributed by atoms with E-state index in [0.717, 1.165) is 12.5 Å². The molecular weight excluding hydrogens is 270 g/mol. The number of rotatable bonds is 3. The minimum atomic E-state index is -3.79. The minimum Gasteiger partial charge on any atom is -0.449 e. The zero-order valence-corrected chi connectivity index (χ0v) is 11.3. The molecule has 102 valence electrons. The third-order valence-corrected chi connectivity index (χ3v) is 3.91. The molecule has 0 spiro atoms. The lowest BCUT2D eigenvalue weighted by molar-refractivity contribution is 0.155. The molecule has 19 heavy (non-hydrogen) atoms. The smallest absolute Gasteiger partial charge is 0.418 e. The number of nitrogens with zero attached hydrogens (tertiary/aromatic N) is 1. The van der Waals surface area contributed by atoms with E-state index in [1.165, 1.54) is 22.9 Å². The number of carbonyl (C=O) groups excluding carboxylic acids is 1. The van der Waals surface area contributed by atoms with Crippen LogP contribution in [0, 0.1) is 0 Å². The Kier molecular flexibility index (Phi) is 3.59. The van der Waals surface area contributed by atoms with Crippen molar-refractivity contribution < 1.29 is 22.1 Å². The zero-order valence-electron chi connectivity index (χ0n) is 10.5. The molecule has 0 amide bonds. The van der Waals surface area contributed by atoms with Crippen molar-refractivity contribution >= 4 is 27.1 Å². The third kappa shape index (κ3) is 2.47. The number of hydrogen-bond donors (Lipinski definition) is 0. The number of fused-ring (bicyclic) bond motifs is 1. The average molecular weight is 283 g/mol. The van der Waals surface area contributed by atoms with Gasteiger partial charge >= 0.3 is 6.09 Å². The fraction of sp³-hybridized carbons (Fsp3) is 0.250. The van der Waals surface area contributed by atoms with Crippen molar-refractivity contribution in [1.82, 2.24) is 4.57 Å². The molecule has 0 N–H and O–H groups in total. The van der Waals surface area contributed by atoms with Crippen LogP contribution in [0.4, 0.5) is 4.79 Å². The van der Waals surface area contributed by atoms with E-state index < -0.39 is 16.2 Å². The maximum Gasteiger partial charge on any atom is 0.418 e. The van der Waals surface area contributed by atoms with Crippen molar-refractivity contribution in [3.05, 3.63) is 30.5 Å². The van der Waals surface area contributed by atoms with Gasteiger partial charge in [0.2, 0.25) is 0 Å². The van der Waals surface area contributed by atoms with Crippen LogP contribution in [0.15, 0.2) is 35.4 Å². The van der Waals surface area contributed by atoms with Crippen LogP contribution < -0.4 is 0 Å². The molecule has 7 heteroatoms. The largest absolute Gasteiger partial charge is 0.449 e. The molecule has 0 unspecified atom stereocenters. The number of carbonyl (C=O) groups is 1. The summed E-state index contributed by atoms with van der Waals surface area (Å²) in [5.74, 6) is 0. The highest BCUT2D eigenvalue weighted by Gasteiger charge is 2.16. The van der Waals surface area contributed by atoms with E-state index in [1.807, 2.05) is 0 Å². The molecule has 1 heterocycles. The summed E-state index contributed by atoms with van der Waals surface area (Å²) in [4.78, 5) is 11.7. The summed E-state index contributed by atoms with van der Waals surface area (Å²) in [6, 6.07) is 6.12. The second kappa shape index (κ2) is 5.02. The Morgan fingerprint density at radius 1 is 1.32 bits per heavy atom. The summed E-state index contributed by atoms with van der Waals surface area (Å²) >= 11 is 0. The van der Waals surface area contributed by atoms with Crippen LogP contribution in [0.3, 0.4) is 0 Å². The van der Waals surface area contributed by atoms with Gasteiger partial charge < -0.3 is 4.74 Å². The number of benzene rings is 1. The second-order valence-corrected chi connectivity index (χ2v) is 5.44. The summed E-state index contributed by atoms with van der Waals surface area (Å²) in [7, 11) is -2.70. The van der Waals surface area contributed by atoms with Crippen molar-refractivity contribution in [2.24, 2.45) is 0 Å². The van der Waals surface area contributed by atoms with Gasteiger partial charge in [-0.05, 0) is 25.1 Å². The van der Waals surface area contributed by atoms with Gasteiger partial charge in [-0.25, -0.2) is 4.79 Å². The third-order valence-electron chi connectivity index (χ3n) is 2.64. The van der Waals surface area contributed by atoms with E-state index in [1.54, 1.807) is 19.1 Å². The summed E-state index contributed by atoms with van der Waals surface area (Å²) < 4.78 is 33.8. The summed E-state index contributed by atoms with van der Waals surface area (Å²) in [5.41, 5.74) is 0.455. The Morgan fingerprint density at radius 2 is 2.05 bits per heavy atom. The fourth-order valence-corrected chi connectivity index (χ4v) is 2.40. The first-order chi connectivity index (χ1) is 8.99. The molecule has 0 atom stereocenters. The van der Waals surface area contributed by atoms with Gasteiger partial charge in [-0.3, -0.25) is 8.75 Å². The highest BCUT2D eigenvalue weighted by Crippen LogP contribution is 2.21. The highest BCUT2D eigenvalue weighted by atomic mass is 32.2. The van der Waals surface area contributed by atoms with Gasteiger partial charge in [-0.2, -0.15) is 8.42 Å². The Hall–Kier alpha value is -1.86. The van der Waals surface area contributed by atoms with E-state index in [4.69, 9.17) is 4.74 Å². The van der Waals surface area contributed by atoms with E-state index in [2.05, 4.69) is 4.18 Å². The monoisotopic (exact) mass is 283 g/mol. The predicted molar refractivity (Wildman–Crippen MR) is 68.6 cm³/mol. The quantitative estimate of drug-likeness (QED) is 0.805. The van der Waals surface area contributed by atoms with Gasteiger partial charge in [0, 0.05) is 11.6 Å². The van der Waals surface area contributed by atoms with Gasteiger partial charge in [-0.15, -0.1) is 0 Å². The van der Waals surface area contributed by atoms with Crippen LogP contribution in [-0.2, 0) is 19.0 Å². The lowest BCUT2D eigenvalue weighted by Gasteiger charge is -2.05. The Bertz CT molecular complexity index is 717. The van der Waals surface area contributed by atoms with E-state index in [0.29, 0.717) is 5.52 Å². The van der Waals surface area contributed by atoms with Crippen LogP contribution in [0.25, 0.3) is 10.9 Å². The maximum absolute atomic E-state index is 11.7. The van der Waals surface area contributed by atoms with Crippen LogP contribution in [0.5, 0.6) is 0 Å². The molecule has 0 radical (unpaired) electrons. The Labute approximate surface area is 110 Å². The molecule has 0 bridgehead atoms. The van der Waals surface area contributed by atoms with Gasteiger partial charge in [0.05, 0.1) is 24.1 Å². The first-order valence-electron chi connectivity index (χ1n) is 5.58. The van der Waals surface area contributed by atoms with E-state index >= 15 is 0 Å². The molecule has 2 rings (SSSR count). The maximum atomic E-state index is 11.7. The molecular formula is C12H13NO5S. The van der Waals surface area contributed by atoms with Gasteiger partial charge in [0.1, 0.15) is 0 Å². The van der Waals surface area contributed by atoms with Gasteiger partial charge in [-0.1, -0.05) is 6.07 Å². The van der Waals surface area contributed by atoms with Crippen molar-refractivity contribution in [3.8, 4) is 0 Å². The van der Waals surface area contributed by atoms with Crippen LogP contribution in [0.2, 0.25) is 0 Å². The summed E-state index contributed by atoms with van der Waals surface area (Å²) in [6.45, 7) is 1.94. The standard InChI is InChI=1S/C12H13NO5S/c1-3-18-12(14)13-7-6-9-4-5-10(8-11(9)13)19(15,16)17-2/h4-8H,3H2,1-2H3. The van der Waals surface area contributed by atoms with Crippen LogP contribution in [0.1, 0.15) is 6.92 Å². The summed E-state index contributed by atoms with van der Waals surface area (Å²) in [5, 5.41) is 0.739. The lowest BCUT2D eigenvalue weighted by Crippen LogP contribution is -2.12. The molecule has 0 saturated heterocycles. The van der Waals surface area contributed by atoms with Crippen LogP contribution in [-0.4, -0.2) is 32.8 Å². The zero-order chi connectivity index (χ0) is 14.0. The fourth-order valence-electron chi connectivity index (χ4n) is 1.71. The number of ether oxygens (including phenoxy) is 1. The highest BCUT2D eigenvalue weighted by molar-refractivity contribution is 7.86. The van der Waals surface area contributed by atoms with Crippen molar-refractivity contribution in [3.63, 3.8) is 0 Å². The predicted octanol–water partition coefficient (Wildman–Crippen LogP) is 1.98. The molecule has 2 aromatic rings. The molecule has 0 aliphatic carbocycles. The summed E-state index contributed by atoms with van der Waals surface area (Å²) in [6.07, 6.45) is 0.982. The number of hydrogen-bond acceptors (Lipinski definition) is 5. The molecule has 0 saturated carbocycles. The van der Waals surface area contributed by atoms with Crippen LogP contribution >= 0.6 is 0 Å². The van der Waals surface area contributed by atoms with Gasteiger partial charge in [0.25, 0.3) is 10.1 Å². The molecule has 0 fully saturated rings. The minimum absolute atomic E-state index is 0.00764. The van der Waals surface area contributed by atoms with Crippen molar-refractivity contribution in [1.29, 1.82) is 0 Å². The SMILES string of the molecule is CCOC(=O)n1ccc2ccc(S(=O)(=O)OC)cc21. The topological polar surface area (TPSA) is 74.6 Å². The average Bonchev–Trinajstić information content (AvgIpc) is 2.81. The van der Waals surface area contributed by atoms with Crippen molar-refractivity contribution in [2.75, 3.05) is 13.7 Å². The Morgan fingerprint density at radius 3 is 2.68 bits per heavy atom. The normalized spacial score (nSPS) is 11.7. The molecule has 1 aromatic carbocycles. The second-order valence-electron chi connectivity index (χ2n) is 3.73. The number of aromatic nitrogens is 1.